The summed E-state index contributed by atoms with van der Waals surface area (Å²) in [6.45, 7) is 4.09. The standard InChI is InChI=1S/C18H19N5O2/c1-10(2)23(3)17-16(12-5-7-15(19)20-9-12)21-13-6-4-11(18(24)25)8-14(13)22-17/h4-10H,1-3H3,(H2,19,20)(H,24,25). The molecular formula is C18H19N5O2. The molecule has 0 atom stereocenters. The third kappa shape index (κ3) is 3.21. The van der Waals surface area contributed by atoms with Crippen molar-refractivity contribution in [1.29, 1.82) is 0 Å². The van der Waals surface area contributed by atoms with E-state index in [-0.39, 0.29) is 11.6 Å². The fraction of sp³-hybridized carbons (Fsp3) is 0.222. The average Bonchev–Trinajstić information content (AvgIpc) is 2.60. The molecule has 3 N–H and O–H groups in total. The Bertz CT molecular complexity index is 938. The first kappa shape index (κ1) is 16.6. The Balaban J connectivity index is 2.26. The van der Waals surface area contributed by atoms with E-state index in [4.69, 9.17) is 10.7 Å². The van der Waals surface area contributed by atoms with Crippen LogP contribution in [0.1, 0.15) is 24.2 Å². The number of hydrogen-bond acceptors (Lipinski definition) is 6. The molecule has 0 bridgehead atoms. The number of nitrogens with two attached hydrogens (primary N) is 1. The van der Waals surface area contributed by atoms with Crippen LogP contribution in [0.2, 0.25) is 0 Å². The second-order valence-corrected chi connectivity index (χ2v) is 6.08. The molecule has 128 valence electrons. The molecule has 0 unspecified atom stereocenters. The van der Waals surface area contributed by atoms with Crippen molar-refractivity contribution in [2.75, 3.05) is 17.7 Å². The lowest BCUT2D eigenvalue weighted by Gasteiger charge is -2.25. The molecule has 2 aromatic heterocycles. The number of carbonyl (C=O) groups is 1. The summed E-state index contributed by atoms with van der Waals surface area (Å²) in [6.07, 6.45) is 1.66. The van der Waals surface area contributed by atoms with E-state index in [0.717, 1.165) is 5.56 Å². The lowest BCUT2D eigenvalue weighted by Crippen LogP contribution is -2.27. The number of nitrogen functional groups attached to an aromatic ring is 1. The molecular weight excluding hydrogens is 318 g/mol. The molecule has 0 fully saturated rings. The van der Waals surface area contributed by atoms with E-state index in [0.29, 0.717) is 28.4 Å². The SMILES string of the molecule is CC(C)N(C)c1nc2cc(C(=O)O)ccc2nc1-c1ccc(N)nc1. The molecule has 7 nitrogen and oxygen atoms in total. The Kier molecular flexibility index (Phi) is 4.22. The van der Waals surface area contributed by atoms with E-state index in [1.54, 1.807) is 18.3 Å². The Morgan fingerprint density at radius 1 is 1.16 bits per heavy atom. The van der Waals surface area contributed by atoms with Crippen LogP contribution in [-0.4, -0.2) is 39.1 Å². The van der Waals surface area contributed by atoms with Crippen molar-refractivity contribution in [2.24, 2.45) is 0 Å². The second-order valence-electron chi connectivity index (χ2n) is 6.08. The van der Waals surface area contributed by atoms with Gasteiger partial charge in [0.15, 0.2) is 5.82 Å². The normalized spacial score (nSPS) is 11.0. The van der Waals surface area contributed by atoms with Gasteiger partial charge in [-0.15, -0.1) is 0 Å². The first-order valence-corrected chi connectivity index (χ1v) is 7.86. The first-order valence-electron chi connectivity index (χ1n) is 7.86. The molecule has 0 saturated carbocycles. The van der Waals surface area contributed by atoms with E-state index in [1.165, 1.54) is 12.1 Å². The number of anilines is 2. The van der Waals surface area contributed by atoms with Gasteiger partial charge in [-0.2, -0.15) is 0 Å². The highest BCUT2D eigenvalue weighted by molar-refractivity contribution is 5.93. The molecule has 25 heavy (non-hydrogen) atoms. The van der Waals surface area contributed by atoms with Crippen LogP contribution in [0.25, 0.3) is 22.3 Å². The molecule has 0 radical (unpaired) electrons. The van der Waals surface area contributed by atoms with Gasteiger partial charge in [0, 0.05) is 24.8 Å². The largest absolute Gasteiger partial charge is 0.478 e. The van der Waals surface area contributed by atoms with Crippen LogP contribution in [0.3, 0.4) is 0 Å². The molecule has 2 heterocycles. The van der Waals surface area contributed by atoms with Gasteiger partial charge in [-0.25, -0.2) is 19.7 Å². The Hall–Kier alpha value is -3.22. The molecule has 0 saturated heterocycles. The summed E-state index contributed by atoms with van der Waals surface area (Å²) in [5.41, 5.74) is 8.49. The van der Waals surface area contributed by atoms with E-state index < -0.39 is 5.97 Å². The first-order chi connectivity index (χ1) is 11.9. The molecule has 3 aromatic rings. The summed E-state index contributed by atoms with van der Waals surface area (Å²) < 4.78 is 0. The number of fused-ring (bicyclic) bond motifs is 1. The van der Waals surface area contributed by atoms with Crippen LogP contribution < -0.4 is 10.6 Å². The zero-order valence-electron chi connectivity index (χ0n) is 14.3. The van der Waals surface area contributed by atoms with Gasteiger partial charge in [0.05, 0.1) is 16.6 Å². The highest BCUT2D eigenvalue weighted by Crippen LogP contribution is 2.30. The number of hydrogen-bond donors (Lipinski definition) is 2. The van der Waals surface area contributed by atoms with Crippen molar-refractivity contribution in [1.82, 2.24) is 15.0 Å². The maximum atomic E-state index is 11.2. The maximum absolute atomic E-state index is 11.2. The van der Waals surface area contributed by atoms with Crippen molar-refractivity contribution in [2.45, 2.75) is 19.9 Å². The topological polar surface area (TPSA) is 105 Å². The summed E-state index contributed by atoms with van der Waals surface area (Å²) in [4.78, 5) is 26.7. The summed E-state index contributed by atoms with van der Waals surface area (Å²) in [7, 11) is 1.93. The Morgan fingerprint density at radius 3 is 2.52 bits per heavy atom. The van der Waals surface area contributed by atoms with Gasteiger partial charge in [0.1, 0.15) is 11.5 Å². The number of pyridine rings is 1. The minimum Gasteiger partial charge on any atom is -0.478 e. The van der Waals surface area contributed by atoms with Gasteiger partial charge >= 0.3 is 5.97 Å². The molecule has 0 aliphatic carbocycles. The van der Waals surface area contributed by atoms with Gasteiger partial charge in [0.25, 0.3) is 0 Å². The second kappa shape index (κ2) is 6.35. The monoisotopic (exact) mass is 337 g/mol. The van der Waals surface area contributed by atoms with Crippen molar-refractivity contribution in [3.05, 3.63) is 42.1 Å². The molecule has 0 aliphatic heterocycles. The molecule has 1 aromatic carbocycles. The predicted octanol–water partition coefficient (Wildman–Crippen LogP) is 2.82. The molecule has 3 rings (SSSR count). The van der Waals surface area contributed by atoms with E-state index in [2.05, 4.69) is 9.97 Å². The van der Waals surface area contributed by atoms with Crippen molar-refractivity contribution in [3.63, 3.8) is 0 Å². The van der Waals surface area contributed by atoms with Gasteiger partial charge < -0.3 is 15.7 Å². The van der Waals surface area contributed by atoms with Crippen molar-refractivity contribution < 1.29 is 9.90 Å². The van der Waals surface area contributed by atoms with Crippen LogP contribution in [0.4, 0.5) is 11.6 Å². The predicted molar refractivity (Wildman–Crippen MR) is 97.7 cm³/mol. The Morgan fingerprint density at radius 2 is 1.92 bits per heavy atom. The molecule has 0 spiro atoms. The average molecular weight is 337 g/mol. The number of carboxylic acid groups (broad SMARTS) is 1. The van der Waals surface area contributed by atoms with Gasteiger partial charge in [-0.3, -0.25) is 0 Å². The molecule has 7 heteroatoms. The lowest BCUT2D eigenvalue weighted by molar-refractivity contribution is 0.0697. The number of aromatic nitrogens is 3. The Labute approximate surface area is 145 Å². The zero-order valence-corrected chi connectivity index (χ0v) is 14.3. The fourth-order valence-corrected chi connectivity index (χ4v) is 2.41. The van der Waals surface area contributed by atoms with Crippen molar-refractivity contribution >= 4 is 28.6 Å². The van der Waals surface area contributed by atoms with E-state index in [9.17, 15) is 9.90 Å². The number of rotatable bonds is 4. The van der Waals surface area contributed by atoms with Crippen LogP contribution in [0.15, 0.2) is 36.5 Å². The summed E-state index contributed by atoms with van der Waals surface area (Å²) in [6, 6.07) is 8.48. The highest BCUT2D eigenvalue weighted by atomic mass is 16.4. The summed E-state index contributed by atoms with van der Waals surface area (Å²) in [5.74, 6) is 0.105. The number of nitrogens with zero attached hydrogens (tertiary/aromatic N) is 4. The number of benzene rings is 1. The number of aromatic carboxylic acids is 1. The van der Waals surface area contributed by atoms with Gasteiger partial charge in [-0.1, -0.05) is 0 Å². The van der Waals surface area contributed by atoms with Crippen LogP contribution in [0, 0.1) is 0 Å². The lowest BCUT2D eigenvalue weighted by atomic mass is 10.1. The summed E-state index contributed by atoms with van der Waals surface area (Å²) in [5, 5.41) is 9.19. The van der Waals surface area contributed by atoms with Crippen LogP contribution in [0.5, 0.6) is 0 Å². The smallest absolute Gasteiger partial charge is 0.335 e. The third-order valence-corrected chi connectivity index (χ3v) is 4.06. The quantitative estimate of drug-likeness (QED) is 0.754. The molecule has 0 aliphatic rings. The van der Waals surface area contributed by atoms with E-state index >= 15 is 0 Å². The fourth-order valence-electron chi connectivity index (χ4n) is 2.41. The maximum Gasteiger partial charge on any atom is 0.335 e. The molecule has 0 amide bonds. The van der Waals surface area contributed by atoms with Crippen molar-refractivity contribution in [3.8, 4) is 11.3 Å². The zero-order chi connectivity index (χ0) is 18.1. The van der Waals surface area contributed by atoms with Crippen LogP contribution in [-0.2, 0) is 0 Å². The van der Waals surface area contributed by atoms with Crippen LogP contribution >= 0.6 is 0 Å². The van der Waals surface area contributed by atoms with Gasteiger partial charge in [0.2, 0.25) is 0 Å². The van der Waals surface area contributed by atoms with E-state index in [1.807, 2.05) is 31.9 Å². The minimum atomic E-state index is -0.991. The number of carboxylic acids is 1. The minimum absolute atomic E-state index is 0.182. The third-order valence-electron chi connectivity index (χ3n) is 4.06. The summed E-state index contributed by atoms with van der Waals surface area (Å²) >= 11 is 0. The van der Waals surface area contributed by atoms with Gasteiger partial charge in [-0.05, 0) is 44.2 Å². The highest BCUT2D eigenvalue weighted by Gasteiger charge is 2.18.